The van der Waals surface area contributed by atoms with Crippen molar-refractivity contribution in [2.45, 2.75) is 77.8 Å². The summed E-state index contributed by atoms with van der Waals surface area (Å²) in [5.41, 5.74) is 13.7. The number of fused-ring (bicyclic) bond motifs is 4. The molecule has 2 aliphatic heterocycles. The number of benzene rings is 5. The van der Waals surface area contributed by atoms with Crippen molar-refractivity contribution in [1.29, 1.82) is 0 Å². The highest BCUT2D eigenvalue weighted by molar-refractivity contribution is 5.46. The molecule has 0 atom stereocenters. The third-order valence-electron chi connectivity index (χ3n) is 11.4. The molecule has 0 saturated carbocycles. The van der Waals surface area contributed by atoms with Gasteiger partial charge in [0.1, 0.15) is 0 Å². The van der Waals surface area contributed by atoms with E-state index >= 15 is 0 Å². The van der Waals surface area contributed by atoms with Gasteiger partial charge in [-0.25, -0.2) is 0 Å². The molecule has 0 radical (unpaired) electrons. The number of hydrogen-bond acceptors (Lipinski definition) is 6. The Bertz CT molecular complexity index is 1760. The maximum atomic E-state index is 3.69. The highest BCUT2D eigenvalue weighted by Gasteiger charge is 2.19. The molecule has 0 fully saturated rings. The predicted octanol–water partition coefficient (Wildman–Crippen LogP) is 8.13. The molecule has 7 rings (SSSR count). The van der Waals surface area contributed by atoms with E-state index in [1.165, 1.54) is 55.6 Å². The number of aryl methyl sites for hydroxylation is 1. The van der Waals surface area contributed by atoms with Crippen LogP contribution in [-0.2, 0) is 39.3 Å². The van der Waals surface area contributed by atoms with Crippen LogP contribution in [-0.4, -0.2) is 62.2 Å². The molecule has 0 amide bonds. The first-order chi connectivity index (χ1) is 27.6. The van der Waals surface area contributed by atoms with E-state index < -0.39 is 0 Å². The van der Waals surface area contributed by atoms with Crippen molar-refractivity contribution in [2.24, 2.45) is 0 Å². The van der Waals surface area contributed by atoms with Crippen molar-refractivity contribution < 1.29 is 0 Å². The van der Waals surface area contributed by atoms with Gasteiger partial charge in [-0.3, -0.25) is 9.80 Å². The van der Waals surface area contributed by atoms with E-state index in [-0.39, 0.29) is 5.92 Å². The van der Waals surface area contributed by atoms with Gasteiger partial charge in [0.05, 0.1) is 0 Å². The van der Waals surface area contributed by atoms with Gasteiger partial charge in [-0.2, -0.15) is 0 Å². The summed E-state index contributed by atoms with van der Waals surface area (Å²) in [4.78, 5) is 5.33. The van der Waals surface area contributed by atoms with Crippen LogP contribution in [0.25, 0.3) is 0 Å². The topological polar surface area (TPSA) is 54.6 Å². The molecule has 4 bridgehead atoms. The lowest BCUT2D eigenvalue weighted by Gasteiger charge is -2.26. The summed E-state index contributed by atoms with van der Waals surface area (Å²) in [5.74, 6) is 0.170. The zero-order valence-electron chi connectivity index (χ0n) is 33.7. The molecule has 0 spiro atoms. The zero-order valence-corrected chi connectivity index (χ0v) is 33.7. The Balaban J connectivity index is 1.05. The van der Waals surface area contributed by atoms with Crippen molar-refractivity contribution in [3.05, 3.63) is 177 Å². The minimum Gasteiger partial charge on any atom is -0.313 e. The predicted molar refractivity (Wildman–Crippen MR) is 234 cm³/mol. The normalized spacial score (nSPS) is 17.5. The Morgan fingerprint density at radius 3 is 1.18 bits per heavy atom. The first kappa shape index (κ1) is 40.1. The highest BCUT2D eigenvalue weighted by atomic mass is 15.1. The monoisotopic (exact) mass is 749 g/mol. The van der Waals surface area contributed by atoms with Gasteiger partial charge in [-0.1, -0.05) is 127 Å². The zero-order chi connectivity index (χ0) is 38.2. The maximum Gasteiger partial charge on any atom is 0.0340 e. The van der Waals surface area contributed by atoms with E-state index in [0.29, 0.717) is 0 Å². The minimum absolute atomic E-state index is 0.170. The van der Waals surface area contributed by atoms with E-state index in [0.717, 1.165) is 117 Å². The van der Waals surface area contributed by atoms with Gasteiger partial charge >= 0.3 is 0 Å². The summed E-state index contributed by atoms with van der Waals surface area (Å²) < 4.78 is 0. The molecule has 5 aromatic carbocycles. The van der Waals surface area contributed by atoms with Crippen LogP contribution in [0.3, 0.4) is 0 Å². The molecule has 0 aromatic heterocycles. The summed E-state index contributed by atoms with van der Waals surface area (Å²) in [7, 11) is 0. The number of nitrogens with one attached hydrogen (secondary N) is 4. The highest BCUT2D eigenvalue weighted by Crippen LogP contribution is 2.34. The Kier molecular flexibility index (Phi) is 15.3. The second-order valence-corrected chi connectivity index (χ2v) is 16.2. The molecule has 294 valence electrons. The minimum atomic E-state index is 0.170. The summed E-state index contributed by atoms with van der Waals surface area (Å²) in [6.07, 6.45) is 4.57. The molecule has 0 unspecified atom stereocenters. The van der Waals surface area contributed by atoms with E-state index in [1.807, 2.05) is 0 Å². The summed E-state index contributed by atoms with van der Waals surface area (Å²) in [6.45, 7) is 16.4. The van der Waals surface area contributed by atoms with E-state index in [1.54, 1.807) is 0 Å². The Hall–Kier alpha value is -4.14. The fourth-order valence-electron chi connectivity index (χ4n) is 8.57. The number of hydrogen-bond donors (Lipinski definition) is 4. The van der Waals surface area contributed by atoms with Crippen LogP contribution >= 0.6 is 0 Å². The van der Waals surface area contributed by atoms with Crippen LogP contribution in [0.2, 0.25) is 0 Å². The quantitative estimate of drug-likeness (QED) is 0.126. The Labute approximate surface area is 337 Å². The first-order valence-electron chi connectivity index (χ1n) is 21.3. The van der Waals surface area contributed by atoms with Crippen LogP contribution in [0.5, 0.6) is 0 Å². The van der Waals surface area contributed by atoms with Gasteiger partial charge in [-0.15, -0.1) is 0 Å². The molecule has 6 nitrogen and oxygen atoms in total. The van der Waals surface area contributed by atoms with E-state index in [2.05, 4.69) is 159 Å². The molecule has 6 heteroatoms. The van der Waals surface area contributed by atoms with E-state index in [4.69, 9.17) is 0 Å². The summed E-state index contributed by atoms with van der Waals surface area (Å²) >= 11 is 0. The van der Waals surface area contributed by atoms with Crippen LogP contribution in [0.4, 0.5) is 0 Å². The molecule has 0 aliphatic carbocycles. The van der Waals surface area contributed by atoms with Crippen LogP contribution in [0, 0.1) is 6.92 Å². The Morgan fingerprint density at radius 1 is 0.429 bits per heavy atom. The standard InChI is InChI=1S/C50H64N6/c1-40-11-2-18-47(29-40)50(48-19-5-16-45(32-48)38-55-25-7-21-51-34-41-12-3-13-42(30-41)35-52-22-8-26-55)49-20-6-17-46(33-49)39-56-27-9-23-53-36-43-14-4-15-44(31-43)37-54-24-10-28-56/h2-6,11-20,29-33,50-54H,7-10,21-28,34-39H2,1H3. The van der Waals surface area contributed by atoms with Gasteiger partial charge in [0.2, 0.25) is 0 Å². The lowest BCUT2D eigenvalue weighted by Crippen LogP contribution is -2.30. The SMILES string of the molecule is Cc1cccc(C(c2cccc(CN3CCCNCc4cccc(c4)CNCCC3)c2)c2cccc(CN3CCCNCc4cccc(c4)CNCCC3)c2)c1. The third kappa shape index (κ3) is 12.4. The van der Waals surface area contributed by atoms with Crippen LogP contribution < -0.4 is 21.3 Å². The van der Waals surface area contributed by atoms with Gasteiger partial charge in [0, 0.05) is 45.2 Å². The lowest BCUT2D eigenvalue weighted by atomic mass is 9.83. The lowest BCUT2D eigenvalue weighted by molar-refractivity contribution is 0.256. The molecule has 2 aliphatic rings. The maximum absolute atomic E-state index is 3.69. The second-order valence-electron chi connectivity index (χ2n) is 16.2. The largest absolute Gasteiger partial charge is 0.313 e. The van der Waals surface area contributed by atoms with Gasteiger partial charge in [-0.05, 0) is 135 Å². The summed E-state index contributed by atoms with van der Waals surface area (Å²) in [5, 5.41) is 14.8. The molecular formula is C50H64N6. The van der Waals surface area contributed by atoms with Crippen molar-refractivity contribution in [3.8, 4) is 0 Å². The average molecular weight is 749 g/mol. The molecule has 0 saturated heterocycles. The fourth-order valence-corrected chi connectivity index (χ4v) is 8.57. The fraction of sp³-hybridized carbons (Fsp3) is 0.400. The number of rotatable bonds is 7. The molecule has 56 heavy (non-hydrogen) atoms. The van der Waals surface area contributed by atoms with Crippen molar-refractivity contribution in [3.63, 3.8) is 0 Å². The molecule has 4 N–H and O–H groups in total. The van der Waals surface area contributed by atoms with Gasteiger partial charge in [0.25, 0.3) is 0 Å². The molecular weight excluding hydrogens is 685 g/mol. The average Bonchev–Trinajstić information content (AvgIpc) is 3.20. The Morgan fingerprint density at radius 2 is 0.786 bits per heavy atom. The van der Waals surface area contributed by atoms with E-state index in [9.17, 15) is 0 Å². The molecule has 2 heterocycles. The van der Waals surface area contributed by atoms with Gasteiger partial charge in [0.15, 0.2) is 0 Å². The third-order valence-corrected chi connectivity index (χ3v) is 11.4. The first-order valence-corrected chi connectivity index (χ1v) is 21.3. The van der Waals surface area contributed by atoms with Crippen LogP contribution in [0.15, 0.2) is 121 Å². The smallest absolute Gasteiger partial charge is 0.0340 e. The van der Waals surface area contributed by atoms with Crippen molar-refractivity contribution >= 4 is 0 Å². The summed E-state index contributed by atoms with van der Waals surface area (Å²) in [6, 6.07) is 46.1. The van der Waals surface area contributed by atoms with Crippen molar-refractivity contribution in [1.82, 2.24) is 31.1 Å². The number of nitrogens with zero attached hydrogens (tertiary/aromatic N) is 2. The van der Waals surface area contributed by atoms with Gasteiger partial charge < -0.3 is 21.3 Å². The van der Waals surface area contributed by atoms with Crippen molar-refractivity contribution in [2.75, 3.05) is 52.4 Å². The van der Waals surface area contributed by atoms with Crippen LogP contribution in [0.1, 0.15) is 87.2 Å². The second kappa shape index (κ2) is 21.4. The molecule has 5 aromatic rings.